The standard InChI is InChI=1S/C10H17NS/c1-5-7-8-10(12-6-2)9-11(3)4/h8H,6,9H2,1-4H3. The summed E-state index contributed by atoms with van der Waals surface area (Å²) in [7, 11) is 4.15. The monoisotopic (exact) mass is 183 g/mol. The van der Waals surface area contributed by atoms with Crippen LogP contribution >= 0.6 is 11.8 Å². The molecule has 68 valence electrons. The Morgan fingerprint density at radius 1 is 1.50 bits per heavy atom. The number of allylic oxidation sites excluding steroid dienone is 1. The smallest absolute Gasteiger partial charge is 0.0293 e. The lowest BCUT2D eigenvalue weighted by atomic mass is 10.4. The third-order valence-corrected chi connectivity index (χ3v) is 2.09. The van der Waals surface area contributed by atoms with Crippen molar-refractivity contribution in [3.05, 3.63) is 11.0 Å². The van der Waals surface area contributed by atoms with Gasteiger partial charge in [-0.1, -0.05) is 12.8 Å². The molecule has 0 fully saturated rings. The van der Waals surface area contributed by atoms with Gasteiger partial charge in [-0.3, -0.25) is 0 Å². The van der Waals surface area contributed by atoms with Crippen LogP contribution in [0.1, 0.15) is 13.8 Å². The molecule has 0 aliphatic carbocycles. The van der Waals surface area contributed by atoms with Crippen molar-refractivity contribution in [3.63, 3.8) is 0 Å². The number of rotatable bonds is 4. The van der Waals surface area contributed by atoms with Gasteiger partial charge in [-0.25, -0.2) is 0 Å². The lowest BCUT2D eigenvalue weighted by molar-refractivity contribution is 0.453. The molecule has 0 aromatic heterocycles. The minimum absolute atomic E-state index is 0.993. The zero-order valence-electron chi connectivity index (χ0n) is 8.35. The van der Waals surface area contributed by atoms with Gasteiger partial charge < -0.3 is 4.90 Å². The van der Waals surface area contributed by atoms with Crippen LogP contribution in [0.15, 0.2) is 11.0 Å². The van der Waals surface area contributed by atoms with Crippen LogP contribution in [0.25, 0.3) is 0 Å². The maximum Gasteiger partial charge on any atom is 0.0293 e. The van der Waals surface area contributed by atoms with Crippen LogP contribution in [0.3, 0.4) is 0 Å². The highest BCUT2D eigenvalue weighted by atomic mass is 32.2. The highest BCUT2D eigenvalue weighted by molar-refractivity contribution is 8.03. The first-order valence-electron chi connectivity index (χ1n) is 4.09. The summed E-state index contributed by atoms with van der Waals surface area (Å²) in [5.74, 6) is 6.97. The molecule has 0 rings (SSSR count). The Kier molecular flexibility index (Phi) is 7.03. The first kappa shape index (κ1) is 11.6. The second-order valence-electron chi connectivity index (χ2n) is 2.68. The average Bonchev–Trinajstić information content (AvgIpc) is 2.00. The molecule has 0 N–H and O–H groups in total. The summed E-state index contributed by atoms with van der Waals surface area (Å²) in [6, 6.07) is 0. The minimum Gasteiger partial charge on any atom is -0.305 e. The van der Waals surface area contributed by atoms with Crippen molar-refractivity contribution in [1.82, 2.24) is 4.90 Å². The fraction of sp³-hybridized carbons (Fsp3) is 0.600. The zero-order valence-corrected chi connectivity index (χ0v) is 9.16. The lowest BCUT2D eigenvalue weighted by Crippen LogP contribution is -2.13. The Morgan fingerprint density at radius 2 is 2.17 bits per heavy atom. The van der Waals surface area contributed by atoms with Gasteiger partial charge in [0.15, 0.2) is 0 Å². The first-order chi connectivity index (χ1) is 5.70. The maximum atomic E-state index is 2.98. The number of thioether (sulfide) groups is 1. The predicted octanol–water partition coefficient (Wildman–Crippen LogP) is 2.21. The molecule has 0 spiro atoms. The molecular formula is C10H17NS. The van der Waals surface area contributed by atoms with Crippen molar-refractivity contribution in [2.75, 3.05) is 26.4 Å². The normalized spacial score (nSPS) is 11.2. The molecular weight excluding hydrogens is 166 g/mol. The van der Waals surface area contributed by atoms with E-state index in [1.165, 1.54) is 4.91 Å². The highest BCUT2D eigenvalue weighted by Crippen LogP contribution is 2.14. The van der Waals surface area contributed by atoms with Crippen molar-refractivity contribution in [3.8, 4) is 11.8 Å². The van der Waals surface area contributed by atoms with Gasteiger partial charge in [0.25, 0.3) is 0 Å². The van der Waals surface area contributed by atoms with Crippen LogP contribution < -0.4 is 0 Å². The summed E-state index contributed by atoms with van der Waals surface area (Å²) in [6.07, 6.45) is 2.01. The van der Waals surface area contributed by atoms with E-state index in [-0.39, 0.29) is 0 Å². The van der Waals surface area contributed by atoms with Gasteiger partial charge in [0.2, 0.25) is 0 Å². The summed E-state index contributed by atoms with van der Waals surface area (Å²) in [5.41, 5.74) is 0. The summed E-state index contributed by atoms with van der Waals surface area (Å²) in [4.78, 5) is 3.50. The molecule has 1 nitrogen and oxygen atoms in total. The largest absolute Gasteiger partial charge is 0.305 e. The maximum absolute atomic E-state index is 2.98. The van der Waals surface area contributed by atoms with Crippen molar-refractivity contribution in [1.29, 1.82) is 0 Å². The fourth-order valence-electron chi connectivity index (χ4n) is 0.783. The molecule has 2 heteroatoms. The molecule has 0 atom stereocenters. The molecule has 0 heterocycles. The minimum atomic E-state index is 0.993. The van der Waals surface area contributed by atoms with Crippen LogP contribution in [0.5, 0.6) is 0 Å². The van der Waals surface area contributed by atoms with Gasteiger partial charge >= 0.3 is 0 Å². The number of nitrogens with zero attached hydrogens (tertiary/aromatic N) is 1. The average molecular weight is 183 g/mol. The van der Waals surface area contributed by atoms with E-state index in [0.717, 1.165) is 12.3 Å². The lowest BCUT2D eigenvalue weighted by Gasteiger charge is -2.10. The summed E-state index contributed by atoms with van der Waals surface area (Å²) >= 11 is 1.86. The molecule has 0 bridgehead atoms. The quantitative estimate of drug-likeness (QED) is 0.615. The first-order valence-corrected chi connectivity index (χ1v) is 5.08. The summed E-state index contributed by atoms with van der Waals surface area (Å²) < 4.78 is 0. The van der Waals surface area contributed by atoms with E-state index < -0.39 is 0 Å². The SMILES string of the molecule is CC#CC=C(CN(C)C)SCC. The van der Waals surface area contributed by atoms with E-state index in [1.54, 1.807) is 0 Å². The Bertz CT molecular complexity index is 196. The van der Waals surface area contributed by atoms with Crippen LogP contribution in [0.2, 0.25) is 0 Å². The van der Waals surface area contributed by atoms with Crippen LogP contribution in [-0.2, 0) is 0 Å². The Labute approximate surface area is 80.2 Å². The van der Waals surface area contributed by atoms with Gasteiger partial charge in [0, 0.05) is 11.4 Å². The Balaban J connectivity index is 4.08. The second-order valence-corrected chi connectivity index (χ2v) is 4.07. The zero-order chi connectivity index (χ0) is 9.40. The molecule has 0 saturated heterocycles. The molecule has 0 radical (unpaired) electrons. The number of hydrogen-bond donors (Lipinski definition) is 0. The molecule has 0 aromatic carbocycles. The van der Waals surface area contributed by atoms with Crippen LogP contribution in [0, 0.1) is 11.8 Å². The highest BCUT2D eigenvalue weighted by Gasteiger charge is 1.96. The molecule has 0 aromatic rings. The van der Waals surface area contributed by atoms with Crippen molar-refractivity contribution < 1.29 is 0 Å². The van der Waals surface area contributed by atoms with Gasteiger partial charge in [-0.2, -0.15) is 0 Å². The Morgan fingerprint density at radius 3 is 2.58 bits per heavy atom. The van der Waals surface area contributed by atoms with E-state index in [9.17, 15) is 0 Å². The van der Waals surface area contributed by atoms with Gasteiger partial charge in [0.1, 0.15) is 0 Å². The summed E-state index contributed by atoms with van der Waals surface area (Å²) in [5, 5.41) is 0. The van der Waals surface area contributed by atoms with Crippen LogP contribution in [0.4, 0.5) is 0 Å². The van der Waals surface area contributed by atoms with Crippen molar-refractivity contribution in [2.45, 2.75) is 13.8 Å². The predicted molar refractivity (Wildman–Crippen MR) is 58.2 cm³/mol. The van der Waals surface area contributed by atoms with E-state index in [1.807, 2.05) is 24.8 Å². The molecule has 0 aliphatic heterocycles. The van der Waals surface area contributed by atoms with Gasteiger partial charge in [0.05, 0.1) is 0 Å². The van der Waals surface area contributed by atoms with E-state index >= 15 is 0 Å². The number of likely N-dealkylation sites (N-methyl/N-ethyl adjacent to an activating group) is 1. The molecule has 0 aliphatic rings. The molecule has 0 unspecified atom stereocenters. The molecule has 12 heavy (non-hydrogen) atoms. The van der Waals surface area contributed by atoms with E-state index in [4.69, 9.17) is 0 Å². The topological polar surface area (TPSA) is 3.24 Å². The molecule has 0 amide bonds. The van der Waals surface area contributed by atoms with E-state index in [0.29, 0.717) is 0 Å². The van der Waals surface area contributed by atoms with Gasteiger partial charge in [-0.15, -0.1) is 17.7 Å². The molecule has 0 saturated carbocycles. The number of hydrogen-bond acceptors (Lipinski definition) is 2. The van der Waals surface area contributed by atoms with Crippen LogP contribution in [-0.4, -0.2) is 31.3 Å². The van der Waals surface area contributed by atoms with Gasteiger partial charge in [-0.05, 0) is 32.8 Å². The Hall–Kier alpha value is -0.390. The van der Waals surface area contributed by atoms with Crippen molar-refractivity contribution >= 4 is 11.8 Å². The fourth-order valence-corrected chi connectivity index (χ4v) is 1.65. The third kappa shape index (κ3) is 6.33. The third-order valence-electron chi connectivity index (χ3n) is 1.18. The van der Waals surface area contributed by atoms with E-state index in [2.05, 4.69) is 37.8 Å². The second kappa shape index (κ2) is 7.27. The summed E-state index contributed by atoms with van der Waals surface area (Å²) in [6.45, 7) is 5.02. The van der Waals surface area contributed by atoms with Crippen molar-refractivity contribution in [2.24, 2.45) is 0 Å².